The zero-order valence-electron chi connectivity index (χ0n) is 8.61. The second-order valence-corrected chi connectivity index (χ2v) is 3.69. The first-order chi connectivity index (χ1) is 7.22. The summed E-state index contributed by atoms with van der Waals surface area (Å²) in [6.45, 7) is 2.61. The molecule has 2 rings (SSSR count). The molecule has 15 heavy (non-hydrogen) atoms. The number of carbonyl (C=O) groups is 1. The number of hydrogen-bond acceptors (Lipinski definition) is 2. The van der Waals surface area contributed by atoms with Gasteiger partial charge >= 0.3 is 0 Å². The Morgan fingerprint density at radius 1 is 1.67 bits per heavy atom. The fourth-order valence-electron chi connectivity index (χ4n) is 1.66. The highest BCUT2D eigenvalue weighted by atomic mass is 19.1. The van der Waals surface area contributed by atoms with Crippen LogP contribution in [0.4, 0.5) is 4.39 Å². The molecular weight excluding hydrogens is 195 g/mol. The van der Waals surface area contributed by atoms with Crippen molar-refractivity contribution >= 4 is 5.91 Å². The molecule has 0 unspecified atom stereocenters. The maximum atomic E-state index is 12.8. The Hall–Kier alpha value is -1.45. The highest BCUT2D eigenvalue weighted by molar-refractivity contribution is 5.94. The van der Waals surface area contributed by atoms with E-state index >= 15 is 0 Å². The summed E-state index contributed by atoms with van der Waals surface area (Å²) < 4.78 is 12.8. The summed E-state index contributed by atoms with van der Waals surface area (Å²) in [6, 6.07) is 3.10. The molecule has 1 aromatic rings. The summed E-state index contributed by atoms with van der Waals surface area (Å²) >= 11 is 0. The molecule has 1 aliphatic rings. The summed E-state index contributed by atoms with van der Waals surface area (Å²) in [4.78, 5) is 17.2. The summed E-state index contributed by atoms with van der Waals surface area (Å²) in [5.74, 6) is -0.700. The van der Waals surface area contributed by atoms with Crippen molar-refractivity contribution in [3.05, 3.63) is 29.8 Å². The van der Waals surface area contributed by atoms with E-state index in [-0.39, 0.29) is 5.91 Å². The van der Waals surface area contributed by atoms with Crippen LogP contribution >= 0.6 is 0 Å². The van der Waals surface area contributed by atoms with E-state index in [9.17, 15) is 9.18 Å². The van der Waals surface area contributed by atoms with Crippen LogP contribution in [0.15, 0.2) is 18.3 Å². The Balaban J connectivity index is 2.18. The second kappa shape index (κ2) is 3.96. The minimum Gasteiger partial charge on any atom is -0.336 e. The quantitative estimate of drug-likeness (QED) is 0.710. The Morgan fingerprint density at radius 2 is 2.40 bits per heavy atom. The molecule has 0 atom stereocenters. The van der Waals surface area contributed by atoms with Crippen LogP contribution in [0.5, 0.6) is 0 Å². The first-order valence-electron chi connectivity index (χ1n) is 5.15. The molecule has 0 saturated heterocycles. The third kappa shape index (κ3) is 2.14. The highest BCUT2D eigenvalue weighted by Gasteiger charge is 2.31. The van der Waals surface area contributed by atoms with Gasteiger partial charge in [-0.05, 0) is 25.8 Å². The molecule has 1 amide bonds. The molecular formula is C11H13FN2O. The standard InChI is InChI=1S/C11H13FN2O/c1-2-14(9-3-4-9)11(15)8-5-6-13-10(12)7-8/h5-7,9H,2-4H2,1H3. The predicted molar refractivity (Wildman–Crippen MR) is 53.9 cm³/mol. The van der Waals surface area contributed by atoms with Crippen LogP contribution in [0.25, 0.3) is 0 Å². The smallest absolute Gasteiger partial charge is 0.254 e. The number of hydrogen-bond donors (Lipinski definition) is 0. The fraction of sp³-hybridized carbons (Fsp3) is 0.455. The monoisotopic (exact) mass is 208 g/mol. The Labute approximate surface area is 87.9 Å². The molecule has 1 fully saturated rings. The molecule has 1 aromatic heterocycles. The molecule has 0 N–H and O–H groups in total. The summed E-state index contributed by atoms with van der Waals surface area (Å²) in [7, 11) is 0. The molecule has 0 radical (unpaired) electrons. The molecule has 0 spiro atoms. The Kier molecular flexibility index (Phi) is 2.66. The minimum absolute atomic E-state index is 0.0960. The van der Waals surface area contributed by atoms with E-state index in [4.69, 9.17) is 0 Å². The number of halogens is 1. The molecule has 4 heteroatoms. The van der Waals surface area contributed by atoms with Crippen molar-refractivity contribution < 1.29 is 9.18 Å². The van der Waals surface area contributed by atoms with Crippen molar-refractivity contribution in [1.82, 2.24) is 9.88 Å². The second-order valence-electron chi connectivity index (χ2n) is 3.69. The lowest BCUT2D eigenvalue weighted by molar-refractivity contribution is 0.0752. The lowest BCUT2D eigenvalue weighted by Crippen LogP contribution is -2.32. The van der Waals surface area contributed by atoms with Gasteiger partial charge in [0.25, 0.3) is 5.91 Å². The van der Waals surface area contributed by atoms with E-state index in [2.05, 4.69) is 4.98 Å². The van der Waals surface area contributed by atoms with Gasteiger partial charge in [-0.3, -0.25) is 4.79 Å². The summed E-state index contributed by atoms with van der Waals surface area (Å²) in [6.07, 6.45) is 3.45. The van der Waals surface area contributed by atoms with Crippen LogP contribution in [0.2, 0.25) is 0 Å². The van der Waals surface area contributed by atoms with Crippen molar-refractivity contribution in [3.8, 4) is 0 Å². The van der Waals surface area contributed by atoms with Crippen LogP contribution in [-0.2, 0) is 0 Å². The molecule has 0 bridgehead atoms. The van der Waals surface area contributed by atoms with Crippen molar-refractivity contribution in [3.63, 3.8) is 0 Å². The molecule has 1 saturated carbocycles. The molecule has 1 aliphatic carbocycles. The van der Waals surface area contributed by atoms with Gasteiger partial charge in [0.15, 0.2) is 0 Å². The van der Waals surface area contributed by atoms with E-state index in [1.54, 1.807) is 11.0 Å². The first-order valence-corrected chi connectivity index (χ1v) is 5.15. The van der Waals surface area contributed by atoms with Gasteiger partial charge in [0, 0.05) is 30.4 Å². The van der Waals surface area contributed by atoms with Crippen molar-refractivity contribution in [2.24, 2.45) is 0 Å². The zero-order valence-corrected chi connectivity index (χ0v) is 8.61. The van der Waals surface area contributed by atoms with Crippen molar-refractivity contribution in [2.45, 2.75) is 25.8 Å². The van der Waals surface area contributed by atoms with E-state index < -0.39 is 5.95 Å². The molecule has 1 heterocycles. The molecule has 0 aliphatic heterocycles. The lowest BCUT2D eigenvalue weighted by Gasteiger charge is -2.20. The largest absolute Gasteiger partial charge is 0.336 e. The molecule has 3 nitrogen and oxygen atoms in total. The van der Waals surface area contributed by atoms with E-state index in [0.717, 1.165) is 12.8 Å². The van der Waals surface area contributed by atoms with E-state index in [0.29, 0.717) is 18.2 Å². The fourth-order valence-corrected chi connectivity index (χ4v) is 1.66. The van der Waals surface area contributed by atoms with Gasteiger partial charge in [0.1, 0.15) is 0 Å². The van der Waals surface area contributed by atoms with Gasteiger partial charge in [0.2, 0.25) is 5.95 Å². The normalized spacial score (nSPS) is 15.1. The number of rotatable bonds is 3. The van der Waals surface area contributed by atoms with Crippen molar-refractivity contribution in [1.29, 1.82) is 0 Å². The van der Waals surface area contributed by atoms with Gasteiger partial charge in [-0.1, -0.05) is 0 Å². The van der Waals surface area contributed by atoms with Gasteiger partial charge in [0.05, 0.1) is 0 Å². The maximum absolute atomic E-state index is 12.8. The maximum Gasteiger partial charge on any atom is 0.254 e. The number of amides is 1. The number of carbonyl (C=O) groups excluding carboxylic acids is 1. The average molecular weight is 208 g/mol. The van der Waals surface area contributed by atoms with Gasteiger partial charge in [-0.2, -0.15) is 4.39 Å². The lowest BCUT2D eigenvalue weighted by atomic mass is 10.2. The Morgan fingerprint density at radius 3 is 2.93 bits per heavy atom. The topological polar surface area (TPSA) is 33.2 Å². The highest BCUT2D eigenvalue weighted by Crippen LogP contribution is 2.27. The van der Waals surface area contributed by atoms with Crippen molar-refractivity contribution in [2.75, 3.05) is 6.54 Å². The van der Waals surface area contributed by atoms with Gasteiger partial charge in [-0.15, -0.1) is 0 Å². The first kappa shape index (κ1) is 10.1. The summed E-state index contributed by atoms with van der Waals surface area (Å²) in [5.41, 5.74) is 0.385. The third-order valence-electron chi connectivity index (χ3n) is 2.56. The van der Waals surface area contributed by atoms with Crippen LogP contribution in [0.3, 0.4) is 0 Å². The van der Waals surface area contributed by atoms with Gasteiger partial charge in [-0.25, -0.2) is 4.98 Å². The van der Waals surface area contributed by atoms with E-state index in [1.165, 1.54) is 12.3 Å². The molecule has 80 valence electrons. The summed E-state index contributed by atoms with van der Waals surface area (Å²) in [5, 5.41) is 0. The van der Waals surface area contributed by atoms with Crippen LogP contribution in [-0.4, -0.2) is 28.4 Å². The van der Waals surface area contributed by atoms with Crippen LogP contribution < -0.4 is 0 Å². The van der Waals surface area contributed by atoms with Crippen LogP contribution in [0, 0.1) is 5.95 Å². The zero-order chi connectivity index (χ0) is 10.8. The van der Waals surface area contributed by atoms with E-state index in [1.807, 2.05) is 6.92 Å². The SMILES string of the molecule is CCN(C(=O)c1ccnc(F)c1)C1CC1. The van der Waals surface area contributed by atoms with Gasteiger partial charge < -0.3 is 4.90 Å². The third-order valence-corrected chi connectivity index (χ3v) is 2.56. The van der Waals surface area contributed by atoms with Crippen LogP contribution in [0.1, 0.15) is 30.1 Å². The molecule has 0 aromatic carbocycles. The predicted octanol–water partition coefficient (Wildman–Crippen LogP) is 1.85. The number of aromatic nitrogens is 1. The number of nitrogens with zero attached hydrogens (tertiary/aromatic N) is 2. The number of pyridine rings is 1. The average Bonchev–Trinajstić information content (AvgIpc) is 3.03. The Bertz CT molecular complexity index is 377. The minimum atomic E-state index is -0.604.